The number of nitrogens with one attached hydrogen (secondary N) is 1. The molecule has 2 aromatic rings. The summed E-state index contributed by atoms with van der Waals surface area (Å²) in [6.45, 7) is 1.67. The Kier molecular flexibility index (Phi) is 3.99. The molecular weight excluding hydrogens is 307 g/mol. The highest BCUT2D eigenvalue weighted by atomic mass is 35.5. The summed E-state index contributed by atoms with van der Waals surface area (Å²) in [7, 11) is -3.72. The second-order valence-electron chi connectivity index (χ2n) is 3.86. The minimum absolute atomic E-state index is 0.0951. The maximum Gasteiger partial charge on any atom is 0.262 e. The Hall–Kier alpha value is -1.30. The highest BCUT2D eigenvalue weighted by molar-refractivity contribution is 7.92. The SMILES string of the molecule is Cc1cc(Cl)ccc1S(=O)(=O)Nc1cccnc1Cl. The molecule has 0 unspecified atom stereocenters. The van der Waals surface area contributed by atoms with Gasteiger partial charge in [0.1, 0.15) is 0 Å². The van der Waals surface area contributed by atoms with E-state index in [0.29, 0.717) is 10.6 Å². The van der Waals surface area contributed by atoms with Gasteiger partial charge in [-0.1, -0.05) is 23.2 Å². The summed E-state index contributed by atoms with van der Waals surface area (Å²) in [5.41, 5.74) is 0.790. The number of rotatable bonds is 3. The molecule has 4 nitrogen and oxygen atoms in total. The van der Waals surface area contributed by atoms with Gasteiger partial charge in [-0.05, 0) is 42.8 Å². The first-order chi connectivity index (χ1) is 8.90. The fourth-order valence-electron chi connectivity index (χ4n) is 1.58. The van der Waals surface area contributed by atoms with E-state index in [4.69, 9.17) is 23.2 Å². The van der Waals surface area contributed by atoms with Crippen LogP contribution in [0.15, 0.2) is 41.4 Å². The third-order valence-corrected chi connectivity index (χ3v) is 4.49. The Bertz CT molecular complexity index is 717. The van der Waals surface area contributed by atoms with Crippen molar-refractivity contribution in [2.75, 3.05) is 4.72 Å². The van der Waals surface area contributed by atoms with Gasteiger partial charge in [-0.25, -0.2) is 13.4 Å². The van der Waals surface area contributed by atoms with Crippen LogP contribution >= 0.6 is 23.2 Å². The average molecular weight is 317 g/mol. The Morgan fingerprint density at radius 2 is 1.95 bits per heavy atom. The molecule has 0 saturated heterocycles. The van der Waals surface area contributed by atoms with Crippen LogP contribution in [0.3, 0.4) is 0 Å². The molecule has 1 aromatic carbocycles. The lowest BCUT2D eigenvalue weighted by atomic mass is 10.2. The average Bonchev–Trinajstić information content (AvgIpc) is 2.31. The molecule has 19 heavy (non-hydrogen) atoms. The van der Waals surface area contributed by atoms with Crippen molar-refractivity contribution >= 4 is 38.9 Å². The normalized spacial score (nSPS) is 11.3. The van der Waals surface area contributed by atoms with Crippen molar-refractivity contribution in [3.8, 4) is 0 Å². The first-order valence-electron chi connectivity index (χ1n) is 5.29. The highest BCUT2D eigenvalue weighted by Gasteiger charge is 2.18. The maximum atomic E-state index is 12.2. The zero-order valence-electron chi connectivity index (χ0n) is 9.89. The minimum Gasteiger partial charge on any atom is -0.276 e. The van der Waals surface area contributed by atoms with Crippen LogP contribution in [-0.2, 0) is 10.0 Å². The van der Waals surface area contributed by atoms with Crippen molar-refractivity contribution in [1.82, 2.24) is 4.98 Å². The summed E-state index contributed by atoms with van der Waals surface area (Å²) < 4.78 is 26.9. The van der Waals surface area contributed by atoms with Gasteiger partial charge in [-0.15, -0.1) is 0 Å². The van der Waals surface area contributed by atoms with Gasteiger partial charge in [0.15, 0.2) is 5.15 Å². The lowest BCUT2D eigenvalue weighted by Crippen LogP contribution is -2.14. The van der Waals surface area contributed by atoms with E-state index in [1.807, 2.05) is 0 Å². The molecule has 7 heteroatoms. The quantitative estimate of drug-likeness (QED) is 0.882. The standard InChI is InChI=1S/C12H10Cl2N2O2S/c1-8-7-9(13)4-5-11(8)19(17,18)16-10-3-2-6-15-12(10)14/h2-7,16H,1H3. The van der Waals surface area contributed by atoms with Gasteiger partial charge in [0.25, 0.3) is 10.0 Å². The Morgan fingerprint density at radius 3 is 2.58 bits per heavy atom. The van der Waals surface area contributed by atoms with Gasteiger partial charge >= 0.3 is 0 Å². The van der Waals surface area contributed by atoms with Gasteiger partial charge in [0.05, 0.1) is 10.6 Å². The number of benzene rings is 1. The van der Waals surface area contributed by atoms with Crippen LogP contribution in [0.5, 0.6) is 0 Å². The van der Waals surface area contributed by atoms with Crippen LogP contribution in [0, 0.1) is 6.92 Å². The topological polar surface area (TPSA) is 59.1 Å². The van der Waals surface area contributed by atoms with Crippen LogP contribution in [0.2, 0.25) is 10.2 Å². The molecule has 0 bridgehead atoms. The van der Waals surface area contributed by atoms with E-state index in [-0.39, 0.29) is 15.7 Å². The maximum absolute atomic E-state index is 12.2. The zero-order chi connectivity index (χ0) is 14.0. The predicted molar refractivity (Wildman–Crippen MR) is 76.2 cm³/mol. The van der Waals surface area contributed by atoms with Crippen LogP contribution in [-0.4, -0.2) is 13.4 Å². The van der Waals surface area contributed by atoms with Crippen molar-refractivity contribution in [2.24, 2.45) is 0 Å². The number of pyridine rings is 1. The number of aryl methyl sites for hydroxylation is 1. The number of aromatic nitrogens is 1. The number of anilines is 1. The van der Waals surface area contributed by atoms with Crippen LogP contribution in [0.1, 0.15) is 5.56 Å². The van der Waals surface area contributed by atoms with Crippen LogP contribution < -0.4 is 4.72 Å². The first-order valence-corrected chi connectivity index (χ1v) is 7.53. The number of sulfonamides is 1. The van der Waals surface area contributed by atoms with E-state index in [0.717, 1.165) is 0 Å². The summed E-state index contributed by atoms with van der Waals surface area (Å²) in [6.07, 6.45) is 1.48. The van der Waals surface area contributed by atoms with Crippen LogP contribution in [0.25, 0.3) is 0 Å². The third-order valence-electron chi connectivity index (χ3n) is 2.43. The molecule has 0 aliphatic heterocycles. The summed E-state index contributed by atoms with van der Waals surface area (Å²) in [4.78, 5) is 3.96. The summed E-state index contributed by atoms with van der Waals surface area (Å²) in [5, 5.41) is 0.577. The molecule has 0 amide bonds. The van der Waals surface area contributed by atoms with Crippen molar-refractivity contribution < 1.29 is 8.42 Å². The largest absolute Gasteiger partial charge is 0.276 e. The molecular formula is C12H10Cl2N2O2S. The monoisotopic (exact) mass is 316 g/mol. The number of halogens is 2. The van der Waals surface area contributed by atoms with Crippen molar-refractivity contribution in [3.63, 3.8) is 0 Å². The third kappa shape index (κ3) is 3.18. The lowest BCUT2D eigenvalue weighted by Gasteiger charge is -2.11. The van der Waals surface area contributed by atoms with Gasteiger partial charge in [-0.3, -0.25) is 4.72 Å². The molecule has 2 rings (SSSR count). The Labute approximate surface area is 121 Å². The Morgan fingerprint density at radius 1 is 1.21 bits per heavy atom. The summed E-state index contributed by atoms with van der Waals surface area (Å²) >= 11 is 11.6. The Balaban J connectivity index is 2.41. The number of hydrogen-bond donors (Lipinski definition) is 1. The molecule has 0 radical (unpaired) electrons. The van der Waals surface area contributed by atoms with Crippen molar-refractivity contribution in [1.29, 1.82) is 0 Å². The van der Waals surface area contributed by atoms with E-state index < -0.39 is 10.0 Å². The second-order valence-corrected chi connectivity index (χ2v) is 6.30. The van der Waals surface area contributed by atoms with E-state index in [1.54, 1.807) is 19.1 Å². The predicted octanol–water partition coefficient (Wildman–Crippen LogP) is 3.50. The molecule has 1 N–H and O–H groups in total. The number of hydrogen-bond acceptors (Lipinski definition) is 3. The molecule has 0 fully saturated rings. The van der Waals surface area contributed by atoms with Crippen molar-refractivity contribution in [3.05, 3.63) is 52.3 Å². The lowest BCUT2D eigenvalue weighted by molar-refractivity contribution is 0.600. The first kappa shape index (κ1) is 14.1. The van der Waals surface area contributed by atoms with E-state index in [1.165, 1.54) is 24.4 Å². The van der Waals surface area contributed by atoms with E-state index in [9.17, 15) is 8.42 Å². The van der Waals surface area contributed by atoms with E-state index in [2.05, 4.69) is 9.71 Å². The van der Waals surface area contributed by atoms with Gasteiger partial charge in [0, 0.05) is 11.2 Å². The molecule has 1 aromatic heterocycles. The molecule has 0 atom stereocenters. The summed E-state index contributed by atoms with van der Waals surface area (Å²) in [6, 6.07) is 7.69. The fraction of sp³-hybridized carbons (Fsp3) is 0.0833. The second kappa shape index (κ2) is 5.36. The minimum atomic E-state index is -3.72. The molecule has 0 spiro atoms. The summed E-state index contributed by atoms with van der Waals surface area (Å²) in [5.74, 6) is 0. The smallest absolute Gasteiger partial charge is 0.262 e. The molecule has 0 aliphatic carbocycles. The van der Waals surface area contributed by atoms with Gasteiger partial charge in [-0.2, -0.15) is 0 Å². The van der Waals surface area contributed by atoms with Crippen LogP contribution in [0.4, 0.5) is 5.69 Å². The molecule has 0 aliphatic rings. The van der Waals surface area contributed by atoms with Gasteiger partial charge in [0.2, 0.25) is 0 Å². The molecule has 0 saturated carbocycles. The highest BCUT2D eigenvalue weighted by Crippen LogP contribution is 2.25. The molecule has 1 heterocycles. The molecule has 100 valence electrons. The van der Waals surface area contributed by atoms with E-state index >= 15 is 0 Å². The number of nitrogens with zero attached hydrogens (tertiary/aromatic N) is 1. The fourth-order valence-corrected chi connectivity index (χ4v) is 3.32. The van der Waals surface area contributed by atoms with Crippen molar-refractivity contribution in [2.45, 2.75) is 11.8 Å². The zero-order valence-corrected chi connectivity index (χ0v) is 12.2. The van der Waals surface area contributed by atoms with Gasteiger partial charge < -0.3 is 0 Å².